The topological polar surface area (TPSA) is 65.3 Å². The van der Waals surface area contributed by atoms with Crippen LogP contribution in [0.1, 0.15) is 17.2 Å². The molecule has 0 amide bonds. The van der Waals surface area contributed by atoms with Crippen molar-refractivity contribution < 1.29 is 9.84 Å². The number of anilines is 1. The Morgan fingerprint density at radius 1 is 1.33 bits per heavy atom. The molecule has 0 saturated heterocycles. The fraction of sp³-hybridized carbons (Fsp3) is 0.188. The highest BCUT2D eigenvalue weighted by molar-refractivity contribution is 6.31. The Labute approximate surface area is 128 Å². The predicted molar refractivity (Wildman–Crippen MR) is 82.6 cm³/mol. The highest BCUT2D eigenvalue weighted by Gasteiger charge is 2.12. The van der Waals surface area contributed by atoms with Crippen LogP contribution in [0.5, 0.6) is 5.75 Å². The Kier molecular flexibility index (Phi) is 5.04. The van der Waals surface area contributed by atoms with Crippen molar-refractivity contribution in [1.82, 2.24) is 0 Å². The first kappa shape index (κ1) is 15.2. The standard InChI is InChI=1S/C16H15ClN2O2/c1-21-16-8-11(9-18)6-7-14(16)19-10-15(20)12-4-2-3-5-13(12)17/h2-8,15,19-20H,10H2,1H3. The van der Waals surface area contributed by atoms with Crippen LogP contribution in [0.3, 0.4) is 0 Å². The minimum Gasteiger partial charge on any atom is -0.495 e. The van der Waals surface area contributed by atoms with Crippen LogP contribution in [-0.2, 0) is 0 Å². The van der Waals surface area contributed by atoms with Crippen molar-refractivity contribution >= 4 is 17.3 Å². The number of methoxy groups -OCH3 is 1. The van der Waals surface area contributed by atoms with Gasteiger partial charge in [0, 0.05) is 23.2 Å². The maximum absolute atomic E-state index is 10.2. The van der Waals surface area contributed by atoms with Crippen LogP contribution in [0.25, 0.3) is 0 Å². The largest absolute Gasteiger partial charge is 0.495 e. The van der Waals surface area contributed by atoms with E-state index in [1.165, 1.54) is 7.11 Å². The van der Waals surface area contributed by atoms with Crippen LogP contribution in [0.4, 0.5) is 5.69 Å². The molecule has 0 aliphatic heterocycles. The van der Waals surface area contributed by atoms with E-state index in [0.717, 1.165) is 0 Å². The fourth-order valence-electron chi connectivity index (χ4n) is 1.97. The molecule has 0 radical (unpaired) electrons. The predicted octanol–water partition coefficient (Wildman–Crippen LogP) is 3.37. The Morgan fingerprint density at radius 3 is 2.76 bits per heavy atom. The number of hydrogen-bond donors (Lipinski definition) is 2. The number of nitrogens with zero attached hydrogens (tertiary/aromatic N) is 1. The molecule has 0 spiro atoms. The van der Waals surface area contributed by atoms with Gasteiger partial charge >= 0.3 is 0 Å². The number of halogens is 1. The summed E-state index contributed by atoms with van der Waals surface area (Å²) in [6.07, 6.45) is -0.737. The zero-order valence-electron chi connectivity index (χ0n) is 11.5. The van der Waals surface area contributed by atoms with Gasteiger partial charge < -0.3 is 15.2 Å². The molecule has 4 nitrogen and oxygen atoms in total. The van der Waals surface area contributed by atoms with E-state index < -0.39 is 6.10 Å². The molecule has 0 heterocycles. The van der Waals surface area contributed by atoms with Crippen molar-refractivity contribution in [1.29, 1.82) is 5.26 Å². The van der Waals surface area contributed by atoms with E-state index in [1.807, 2.05) is 12.1 Å². The molecule has 2 aromatic rings. The Balaban J connectivity index is 2.10. The number of aliphatic hydroxyl groups is 1. The first-order chi connectivity index (χ1) is 10.2. The third-order valence-corrected chi connectivity index (χ3v) is 3.42. The summed E-state index contributed by atoms with van der Waals surface area (Å²) in [4.78, 5) is 0. The average Bonchev–Trinajstić information content (AvgIpc) is 2.52. The van der Waals surface area contributed by atoms with Gasteiger partial charge in [0.1, 0.15) is 5.75 Å². The van der Waals surface area contributed by atoms with Gasteiger partial charge in [-0.05, 0) is 18.2 Å². The van der Waals surface area contributed by atoms with Gasteiger partial charge in [-0.15, -0.1) is 0 Å². The molecule has 0 bridgehead atoms. The maximum Gasteiger partial charge on any atom is 0.143 e. The molecule has 0 aliphatic rings. The Hall–Kier alpha value is -2.22. The van der Waals surface area contributed by atoms with Crippen molar-refractivity contribution in [3.8, 4) is 11.8 Å². The van der Waals surface area contributed by atoms with E-state index in [0.29, 0.717) is 27.6 Å². The van der Waals surface area contributed by atoms with Crippen molar-refractivity contribution in [2.75, 3.05) is 19.0 Å². The summed E-state index contributed by atoms with van der Waals surface area (Å²) >= 11 is 6.05. The summed E-state index contributed by atoms with van der Waals surface area (Å²) in [7, 11) is 1.53. The van der Waals surface area contributed by atoms with Crippen LogP contribution >= 0.6 is 11.6 Å². The molecule has 1 unspecified atom stereocenters. The highest BCUT2D eigenvalue weighted by atomic mass is 35.5. The minimum absolute atomic E-state index is 0.284. The summed E-state index contributed by atoms with van der Waals surface area (Å²) in [5.41, 5.74) is 1.89. The van der Waals surface area contributed by atoms with Crippen molar-refractivity contribution in [3.63, 3.8) is 0 Å². The van der Waals surface area contributed by atoms with Gasteiger partial charge in [0.2, 0.25) is 0 Å². The van der Waals surface area contributed by atoms with E-state index in [2.05, 4.69) is 11.4 Å². The molecule has 108 valence electrons. The maximum atomic E-state index is 10.2. The molecule has 2 N–H and O–H groups in total. The smallest absolute Gasteiger partial charge is 0.143 e. The second-order valence-corrected chi connectivity index (χ2v) is 4.85. The molecular formula is C16H15ClN2O2. The van der Waals surface area contributed by atoms with Crippen LogP contribution in [0.2, 0.25) is 5.02 Å². The van der Waals surface area contributed by atoms with Gasteiger partial charge in [-0.25, -0.2) is 0 Å². The molecular weight excluding hydrogens is 288 g/mol. The van der Waals surface area contributed by atoms with Gasteiger partial charge in [0.15, 0.2) is 0 Å². The summed E-state index contributed by atoms with van der Waals surface area (Å²) in [6.45, 7) is 0.284. The van der Waals surface area contributed by atoms with E-state index >= 15 is 0 Å². The van der Waals surface area contributed by atoms with Crippen LogP contribution in [0.15, 0.2) is 42.5 Å². The zero-order valence-corrected chi connectivity index (χ0v) is 12.3. The first-order valence-corrected chi connectivity index (χ1v) is 6.78. The second kappa shape index (κ2) is 6.98. The molecule has 1 atom stereocenters. The average molecular weight is 303 g/mol. The summed E-state index contributed by atoms with van der Waals surface area (Å²) in [6, 6.07) is 14.3. The fourth-order valence-corrected chi connectivity index (χ4v) is 2.23. The second-order valence-electron chi connectivity index (χ2n) is 4.45. The molecule has 0 fully saturated rings. The zero-order chi connectivity index (χ0) is 15.2. The summed E-state index contributed by atoms with van der Waals surface area (Å²) in [5, 5.41) is 22.7. The van der Waals surface area contributed by atoms with E-state index in [4.69, 9.17) is 21.6 Å². The number of hydrogen-bond acceptors (Lipinski definition) is 4. The Bertz CT molecular complexity index is 668. The monoisotopic (exact) mass is 302 g/mol. The molecule has 5 heteroatoms. The number of aliphatic hydroxyl groups excluding tert-OH is 1. The van der Waals surface area contributed by atoms with Gasteiger partial charge in [0.05, 0.1) is 30.5 Å². The third-order valence-electron chi connectivity index (χ3n) is 3.08. The highest BCUT2D eigenvalue weighted by Crippen LogP contribution is 2.27. The van der Waals surface area contributed by atoms with Crippen LogP contribution in [-0.4, -0.2) is 18.8 Å². The van der Waals surface area contributed by atoms with E-state index in [1.54, 1.807) is 30.3 Å². The Morgan fingerprint density at radius 2 is 2.10 bits per heavy atom. The quantitative estimate of drug-likeness (QED) is 0.889. The van der Waals surface area contributed by atoms with Crippen molar-refractivity contribution in [3.05, 3.63) is 58.6 Å². The number of nitriles is 1. The molecule has 0 aromatic heterocycles. The SMILES string of the molecule is COc1cc(C#N)ccc1NCC(O)c1ccccc1Cl. The normalized spacial score (nSPS) is 11.5. The number of nitrogens with one attached hydrogen (secondary N) is 1. The van der Waals surface area contributed by atoms with E-state index in [9.17, 15) is 5.11 Å². The van der Waals surface area contributed by atoms with E-state index in [-0.39, 0.29) is 6.54 Å². The summed E-state index contributed by atoms with van der Waals surface area (Å²) in [5.74, 6) is 0.556. The molecule has 21 heavy (non-hydrogen) atoms. The van der Waals surface area contributed by atoms with Gasteiger partial charge in [0.25, 0.3) is 0 Å². The first-order valence-electron chi connectivity index (χ1n) is 6.40. The number of benzene rings is 2. The van der Waals surface area contributed by atoms with Crippen molar-refractivity contribution in [2.45, 2.75) is 6.10 Å². The van der Waals surface area contributed by atoms with Gasteiger partial charge in [-0.1, -0.05) is 29.8 Å². The third kappa shape index (κ3) is 3.66. The lowest BCUT2D eigenvalue weighted by Gasteiger charge is -2.16. The van der Waals surface area contributed by atoms with Gasteiger partial charge in [-0.2, -0.15) is 5.26 Å². The van der Waals surface area contributed by atoms with Crippen molar-refractivity contribution in [2.24, 2.45) is 0 Å². The minimum atomic E-state index is -0.737. The molecule has 2 rings (SSSR count). The number of rotatable bonds is 5. The van der Waals surface area contributed by atoms with Crippen LogP contribution in [0, 0.1) is 11.3 Å². The lowest BCUT2D eigenvalue weighted by Crippen LogP contribution is -2.13. The van der Waals surface area contributed by atoms with Gasteiger partial charge in [-0.3, -0.25) is 0 Å². The number of ether oxygens (including phenoxy) is 1. The van der Waals surface area contributed by atoms with Crippen LogP contribution < -0.4 is 10.1 Å². The summed E-state index contributed by atoms with van der Waals surface area (Å²) < 4.78 is 5.23. The lowest BCUT2D eigenvalue weighted by atomic mass is 10.1. The molecule has 0 saturated carbocycles. The lowest BCUT2D eigenvalue weighted by molar-refractivity contribution is 0.191. The molecule has 0 aliphatic carbocycles. The molecule has 2 aromatic carbocycles.